The van der Waals surface area contributed by atoms with Crippen LogP contribution in [0.3, 0.4) is 0 Å². The lowest BCUT2D eigenvalue weighted by Gasteiger charge is -2.34. The summed E-state index contributed by atoms with van der Waals surface area (Å²) in [6.45, 7) is 11.0. The molecule has 0 fully saturated rings. The maximum Gasteiger partial charge on any atom is 0.264 e. The van der Waals surface area contributed by atoms with Crippen LogP contribution in [0.2, 0.25) is 0 Å². The molecule has 0 aliphatic rings. The van der Waals surface area contributed by atoms with E-state index in [4.69, 9.17) is 4.74 Å². The molecule has 0 heterocycles. The lowest BCUT2D eigenvalue weighted by molar-refractivity contribution is -0.140. The van der Waals surface area contributed by atoms with Crippen molar-refractivity contribution in [2.45, 2.75) is 77.9 Å². The summed E-state index contributed by atoms with van der Waals surface area (Å²) in [6.07, 6.45) is 1.10. The molecule has 42 heavy (non-hydrogen) atoms. The number of amides is 2. The molecule has 2 amide bonds. The minimum atomic E-state index is -4.20. The first-order valence-corrected chi connectivity index (χ1v) is 15.7. The second-order valence-electron chi connectivity index (χ2n) is 10.7. The number of carbonyl (C=O) groups is 2. The highest BCUT2D eigenvalue weighted by atomic mass is 32.2. The number of ether oxygens (including phenoxy) is 1. The van der Waals surface area contributed by atoms with Gasteiger partial charge in [-0.2, -0.15) is 0 Å². The predicted molar refractivity (Wildman–Crippen MR) is 167 cm³/mol. The summed E-state index contributed by atoms with van der Waals surface area (Å²) in [6, 6.07) is 18.5. The van der Waals surface area contributed by atoms with Gasteiger partial charge in [-0.1, -0.05) is 61.9 Å². The topological polar surface area (TPSA) is 96.0 Å². The Morgan fingerprint density at radius 3 is 2.14 bits per heavy atom. The zero-order valence-electron chi connectivity index (χ0n) is 25.7. The first kappa shape index (κ1) is 32.7. The van der Waals surface area contributed by atoms with Gasteiger partial charge in [0.15, 0.2) is 0 Å². The van der Waals surface area contributed by atoms with Crippen molar-refractivity contribution in [1.29, 1.82) is 0 Å². The van der Waals surface area contributed by atoms with E-state index in [0.717, 1.165) is 33.0 Å². The van der Waals surface area contributed by atoms with Crippen LogP contribution in [-0.2, 0) is 26.2 Å². The lowest BCUT2D eigenvalue weighted by atomic mass is 10.1. The quantitative estimate of drug-likeness (QED) is 0.281. The van der Waals surface area contributed by atoms with Crippen LogP contribution in [0.25, 0.3) is 0 Å². The van der Waals surface area contributed by atoms with Gasteiger partial charge in [-0.3, -0.25) is 13.9 Å². The van der Waals surface area contributed by atoms with E-state index >= 15 is 0 Å². The fourth-order valence-corrected chi connectivity index (χ4v) is 6.09. The van der Waals surface area contributed by atoms with Gasteiger partial charge in [-0.15, -0.1) is 0 Å². The van der Waals surface area contributed by atoms with Gasteiger partial charge in [-0.05, 0) is 81.5 Å². The van der Waals surface area contributed by atoms with Gasteiger partial charge < -0.3 is 15.0 Å². The number of aryl methyl sites for hydroxylation is 3. The molecule has 0 saturated carbocycles. The van der Waals surface area contributed by atoms with E-state index in [9.17, 15) is 18.0 Å². The molecule has 8 nitrogen and oxygen atoms in total. The van der Waals surface area contributed by atoms with Gasteiger partial charge >= 0.3 is 0 Å². The van der Waals surface area contributed by atoms with Crippen LogP contribution in [-0.4, -0.2) is 50.9 Å². The molecule has 0 radical (unpaired) electrons. The summed E-state index contributed by atoms with van der Waals surface area (Å²) in [5.74, 6) is -0.449. The molecular weight excluding hydrogens is 550 g/mol. The average molecular weight is 594 g/mol. The van der Waals surface area contributed by atoms with Crippen LogP contribution in [0.4, 0.5) is 5.69 Å². The minimum Gasteiger partial charge on any atom is -0.495 e. The van der Waals surface area contributed by atoms with Crippen LogP contribution in [0.15, 0.2) is 71.6 Å². The van der Waals surface area contributed by atoms with E-state index in [-0.39, 0.29) is 29.1 Å². The molecule has 0 unspecified atom stereocenters. The number of methoxy groups -OCH3 is 1. The number of sulfonamides is 1. The second-order valence-corrected chi connectivity index (χ2v) is 12.6. The number of benzene rings is 3. The zero-order chi connectivity index (χ0) is 31.0. The predicted octanol–water partition coefficient (Wildman–Crippen LogP) is 5.54. The zero-order valence-corrected chi connectivity index (χ0v) is 26.5. The van der Waals surface area contributed by atoms with Crippen LogP contribution < -0.4 is 14.4 Å². The summed E-state index contributed by atoms with van der Waals surface area (Å²) < 4.78 is 35.0. The van der Waals surface area contributed by atoms with Gasteiger partial charge in [0.25, 0.3) is 10.0 Å². The third-order valence-electron chi connectivity index (χ3n) is 7.48. The molecule has 0 aliphatic heterocycles. The number of anilines is 1. The van der Waals surface area contributed by atoms with E-state index in [2.05, 4.69) is 5.32 Å². The number of nitrogens with one attached hydrogen (secondary N) is 1. The molecular formula is C33H43N3O5S. The van der Waals surface area contributed by atoms with Crippen molar-refractivity contribution in [2.75, 3.05) is 18.0 Å². The number of rotatable bonds is 13. The highest BCUT2D eigenvalue weighted by molar-refractivity contribution is 7.92. The Hall–Kier alpha value is -3.85. The van der Waals surface area contributed by atoms with E-state index in [1.165, 1.54) is 24.1 Å². The normalized spacial score (nSPS) is 12.7. The third-order valence-corrected chi connectivity index (χ3v) is 9.25. The summed E-state index contributed by atoms with van der Waals surface area (Å²) in [4.78, 5) is 29.3. The molecule has 9 heteroatoms. The number of hydrogen-bond donors (Lipinski definition) is 1. The van der Waals surface area contributed by atoms with Crippen LogP contribution in [0.1, 0.15) is 55.9 Å². The highest BCUT2D eigenvalue weighted by Gasteiger charge is 2.35. The Labute approximate surface area is 250 Å². The maximum atomic E-state index is 14.3. The molecule has 3 aromatic carbocycles. The highest BCUT2D eigenvalue weighted by Crippen LogP contribution is 2.34. The molecule has 0 aliphatic carbocycles. The molecule has 3 rings (SSSR count). The van der Waals surface area contributed by atoms with E-state index in [1.807, 2.05) is 71.9 Å². The average Bonchev–Trinajstić information content (AvgIpc) is 2.96. The van der Waals surface area contributed by atoms with Crippen LogP contribution in [0, 0.1) is 20.8 Å². The lowest BCUT2D eigenvalue weighted by Crippen LogP contribution is -2.53. The van der Waals surface area contributed by atoms with Gasteiger partial charge in [-0.25, -0.2) is 8.42 Å². The molecule has 0 bridgehead atoms. The molecule has 0 aromatic heterocycles. The van der Waals surface area contributed by atoms with Crippen molar-refractivity contribution < 1.29 is 22.7 Å². The minimum absolute atomic E-state index is 0.0523. The summed E-state index contributed by atoms with van der Waals surface area (Å²) >= 11 is 0. The monoisotopic (exact) mass is 593 g/mol. The van der Waals surface area contributed by atoms with E-state index in [0.29, 0.717) is 12.2 Å². The fourth-order valence-electron chi connectivity index (χ4n) is 4.68. The van der Waals surface area contributed by atoms with Crippen molar-refractivity contribution in [3.05, 3.63) is 89.0 Å². The first-order chi connectivity index (χ1) is 19.9. The Kier molecular flexibility index (Phi) is 11.2. The maximum absolute atomic E-state index is 14.3. The smallest absolute Gasteiger partial charge is 0.264 e. The molecule has 3 aromatic rings. The van der Waals surface area contributed by atoms with E-state index in [1.54, 1.807) is 24.3 Å². The van der Waals surface area contributed by atoms with Gasteiger partial charge in [0.05, 0.1) is 17.7 Å². The van der Waals surface area contributed by atoms with Crippen molar-refractivity contribution in [2.24, 2.45) is 0 Å². The summed E-state index contributed by atoms with van der Waals surface area (Å²) in [7, 11) is -2.74. The Bertz CT molecular complexity index is 1490. The van der Waals surface area contributed by atoms with Crippen molar-refractivity contribution in [3.8, 4) is 5.75 Å². The molecule has 2 atom stereocenters. The Balaban J connectivity index is 2.14. The Morgan fingerprint density at radius 2 is 1.55 bits per heavy atom. The fraction of sp³-hybridized carbons (Fsp3) is 0.394. The van der Waals surface area contributed by atoms with Crippen molar-refractivity contribution in [1.82, 2.24) is 10.2 Å². The van der Waals surface area contributed by atoms with Crippen LogP contribution in [0.5, 0.6) is 5.75 Å². The molecule has 226 valence electrons. The summed E-state index contributed by atoms with van der Waals surface area (Å²) in [5.41, 5.74) is 3.81. The Morgan fingerprint density at radius 1 is 0.905 bits per heavy atom. The molecule has 1 N–H and O–H groups in total. The third kappa shape index (κ3) is 7.70. The van der Waals surface area contributed by atoms with Crippen molar-refractivity contribution >= 4 is 27.5 Å². The number of nitrogens with zero attached hydrogens (tertiary/aromatic N) is 2. The van der Waals surface area contributed by atoms with Crippen LogP contribution >= 0.6 is 0 Å². The summed E-state index contributed by atoms with van der Waals surface area (Å²) in [5, 5.41) is 3.00. The number of hydrogen-bond acceptors (Lipinski definition) is 5. The number of carbonyl (C=O) groups excluding carboxylic acids is 2. The van der Waals surface area contributed by atoms with Gasteiger partial charge in [0, 0.05) is 12.6 Å². The standard InChI is InChI=1S/C33H43N3O5S/c1-8-26(6)34-33(38)29(9-2)35(21-27-13-11-10-12-25(27)5)32(37)22-36(30-20-24(4)16-19-31(30)41-7)42(39,40)28-17-14-23(3)15-18-28/h10-20,26,29H,8-9,21-22H2,1-7H3,(H,34,38)/t26-,29-/m0/s1. The first-order valence-electron chi connectivity index (χ1n) is 14.3. The van der Waals surface area contributed by atoms with Gasteiger partial charge in [0.2, 0.25) is 11.8 Å². The van der Waals surface area contributed by atoms with Crippen molar-refractivity contribution in [3.63, 3.8) is 0 Å². The molecule has 0 saturated heterocycles. The largest absolute Gasteiger partial charge is 0.495 e. The molecule has 0 spiro atoms. The SMILES string of the molecule is CC[C@H](C)NC(=O)[C@H](CC)N(Cc1ccccc1C)C(=O)CN(c1cc(C)ccc1OC)S(=O)(=O)c1ccc(C)cc1. The van der Waals surface area contributed by atoms with E-state index < -0.39 is 28.5 Å². The van der Waals surface area contributed by atoms with Gasteiger partial charge in [0.1, 0.15) is 18.3 Å². The second kappa shape index (κ2) is 14.4.